The van der Waals surface area contributed by atoms with Gasteiger partial charge in [-0.2, -0.15) is 0 Å². The van der Waals surface area contributed by atoms with E-state index in [4.69, 9.17) is 0 Å². The predicted molar refractivity (Wildman–Crippen MR) is 84.8 cm³/mol. The lowest BCUT2D eigenvalue weighted by Crippen LogP contribution is -2.52. The summed E-state index contributed by atoms with van der Waals surface area (Å²) in [6, 6.07) is 6.12. The van der Waals surface area contributed by atoms with Gasteiger partial charge in [0.25, 0.3) is 0 Å². The minimum atomic E-state index is -0.717. The first-order valence-electron chi connectivity index (χ1n) is 8.13. The molecule has 2 saturated heterocycles. The molecule has 4 atom stereocenters. The highest BCUT2D eigenvalue weighted by Crippen LogP contribution is 2.31. The van der Waals surface area contributed by atoms with Gasteiger partial charge >= 0.3 is 0 Å². The third-order valence-corrected chi connectivity index (χ3v) is 5.26. The van der Waals surface area contributed by atoms with E-state index in [1.807, 2.05) is 24.8 Å². The number of halogens is 1. The second-order valence-electron chi connectivity index (χ2n) is 6.96. The molecule has 0 aromatic heterocycles. The quantitative estimate of drug-likeness (QED) is 0.766. The molecule has 0 spiro atoms. The van der Waals surface area contributed by atoms with Crippen LogP contribution >= 0.6 is 0 Å². The molecule has 2 heterocycles. The van der Waals surface area contributed by atoms with E-state index in [9.17, 15) is 14.3 Å². The van der Waals surface area contributed by atoms with Gasteiger partial charge in [0, 0.05) is 25.6 Å². The maximum atomic E-state index is 13.5. The van der Waals surface area contributed by atoms with Crippen molar-refractivity contribution in [2.75, 3.05) is 19.6 Å². The van der Waals surface area contributed by atoms with E-state index in [-0.39, 0.29) is 29.6 Å². The number of nitrogens with one attached hydrogen (secondary N) is 2. The molecule has 23 heavy (non-hydrogen) atoms. The fourth-order valence-electron chi connectivity index (χ4n) is 3.40. The van der Waals surface area contributed by atoms with Crippen molar-refractivity contribution in [1.82, 2.24) is 15.8 Å². The summed E-state index contributed by atoms with van der Waals surface area (Å²) in [5, 5.41) is 10.3. The first-order chi connectivity index (χ1) is 10.9. The molecule has 2 unspecified atom stereocenters. The smallest absolute Gasteiger partial charge is 0.229 e. The summed E-state index contributed by atoms with van der Waals surface area (Å²) >= 11 is 0. The van der Waals surface area contributed by atoms with Crippen molar-refractivity contribution < 1.29 is 14.3 Å². The number of nitrogens with zero attached hydrogens (tertiary/aromatic N) is 1. The van der Waals surface area contributed by atoms with Crippen molar-refractivity contribution in [3.8, 4) is 0 Å². The average Bonchev–Trinajstić information content (AvgIpc) is 2.99. The van der Waals surface area contributed by atoms with E-state index >= 15 is 0 Å². The summed E-state index contributed by atoms with van der Waals surface area (Å²) < 4.78 is 13.5. The summed E-state index contributed by atoms with van der Waals surface area (Å²) in [5.41, 5.74) is 6.15. The number of aliphatic hydroxyl groups is 1. The van der Waals surface area contributed by atoms with E-state index in [0.29, 0.717) is 26.1 Å². The van der Waals surface area contributed by atoms with E-state index in [2.05, 4.69) is 10.9 Å². The summed E-state index contributed by atoms with van der Waals surface area (Å²) in [6.07, 6.45) is 0.581. The van der Waals surface area contributed by atoms with Gasteiger partial charge in [0.1, 0.15) is 5.82 Å². The summed E-state index contributed by atoms with van der Waals surface area (Å²) in [7, 11) is 0. The zero-order valence-corrected chi connectivity index (χ0v) is 13.6. The van der Waals surface area contributed by atoms with Crippen LogP contribution in [-0.2, 0) is 4.79 Å². The van der Waals surface area contributed by atoms with Crippen molar-refractivity contribution >= 4 is 5.91 Å². The highest BCUT2D eigenvalue weighted by molar-refractivity contribution is 5.80. The Morgan fingerprint density at radius 3 is 2.96 bits per heavy atom. The van der Waals surface area contributed by atoms with Crippen LogP contribution in [0.15, 0.2) is 24.3 Å². The van der Waals surface area contributed by atoms with E-state index in [1.165, 1.54) is 12.1 Å². The van der Waals surface area contributed by atoms with E-state index in [1.54, 1.807) is 6.07 Å². The second-order valence-corrected chi connectivity index (χ2v) is 6.96. The van der Waals surface area contributed by atoms with Gasteiger partial charge in [0.05, 0.1) is 17.6 Å². The third kappa shape index (κ3) is 3.24. The molecule has 2 aliphatic rings. The van der Waals surface area contributed by atoms with Crippen LogP contribution in [0.25, 0.3) is 0 Å². The van der Waals surface area contributed by atoms with Crippen LogP contribution in [0.2, 0.25) is 0 Å². The number of piperidine rings is 1. The van der Waals surface area contributed by atoms with Crippen LogP contribution < -0.4 is 10.9 Å². The van der Waals surface area contributed by atoms with E-state index < -0.39 is 5.60 Å². The second kappa shape index (κ2) is 6.19. The molecule has 0 saturated carbocycles. The van der Waals surface area contributed by atoms with Crippen LogP contribution in [0.3, 0.4) is 0 Å². The third-order valence-electron chi connectivity index (χ3n) is 5.26. The summed E-state index contributed by atoms with van der Waals surface area (Å²) in [6.45, 7) is 5.42. The van der Waals surface area contributed by atoms with Gasteiger partial charge < -0.3 is 10.0 Å². The molecular formula is C17H24FN3O2. The Morgan fingerprint density at radius 2 is 2.26 bits per heavy atom. The zero-order valence-electron chi connectivity index (χ0n) is 13.6. The number of carbonyl (C=O) groups excluding carboxylic acids is 1. The van der Waals surface area contributed by atoms with Gasteiger partial charge in [-0.05, 0) is 31.0 Å². The average molecular weight is 321 g/mol. The Bertz CT molecular complexity index is 593. The van der Waals surface area contributed by atoms with Crippen molar-refractivity contribution in [3.05, 3.63) is 35.6 Å². The summed E-state index contributed by atoms with van der Waals surface area (Å²) in [5.74, 6) is -0.480. The highest BCUT2D eigenvalue weighted by Gasteiger charge is 2.41. The Hall–Kier alpha value is -1.50. The lowest BCUT2D eigenvalue weighted by molar-refractivity contribution is -0.142. The number of hydrogen-bond donors (Lipinski definition) is 3. The van der Waals surface area contributed by atoms with Gasteiger partial charge in [0.2, 0.25) is 5.91 Å². The molecule has 1 aromatic carbocycles. The highest BCUT2D eigenvalue weighted by atomic mass is 19.1. The Labute approximate surface area is 135 Å². The van der Waals surface area contributed by atoms with Gasteiger partial charge in [-0.3, -0.25) is 10.2 Å². The monoisotopic (exact) mass is 321 g/mol. The maximum absolute atomic E-state index is 13.5. The standard InChI is InChI=1S/C17H24FN3O2/c1-11-10-21(7-6-17(11,2)23)16(22)14-9-19-20-15(14)12-4-3-5-13(18)8-12/h3-5,8,11,14-15,19-20,23H,6-7,9-10H2,1-2H3/t11-,14?,15?,17+/m1/s1. The van der Waals surface area contributed by atoms with Gasteiger partial charge in [-0.1, -0.05) is 19.1 Å². The molecule has 2 aliphatic heterocycles. The Kier molecular flexibility index (Phi) is 4.40. The first-order valence-corrected chi connectivity index (χ1v) is 8.13. The lowest BCUT2D eigenvalue weighted by atomic mass is 9.83. The summed E-state index contributed by atoms with van der Waals surface area (Å²) in [4.78, 5) is 14.7. The van der Waals surface area contributed by atoms with Crippen LogP contribution in [0.1, 0.15) is 31.9 Å². The zero-order chi connectivity index (χ0) is 16.6. The van der Waals surface area contributed by atoms with Crippen LogP contribution in [-0.4, -0.2) is 41.1 Å². The lowest BCUT2D eigenvalue weighted by Gasteiger charge is -2.42. The number of carbonyl (C=O) groups is 1. The Balaban J connectivity index is 1.74. The Morgan fingerprint density at radius 1 is 1.48 bits per heavy atom. The van der Waals surface area contributed by atoms with Crippen LogP contribution in [0.4, 0.5) is 4.39 Å². The molecule has 1 amide bonds. The first kappa shape index (κ1) is 16.4. The number of amides is 1. The molecule has 0 radical (unpaired) electrons. The molecule has 1 aromatic rings. The molecule has 126 valence electrons. The fraction of sp³-hybridized carbons (Fsp3) is 0.588. The number of likely N-dealkylation sites (tertiary alicyclic amines) is 1. The van der Waals surface area contributed by atoms with Crippen molar-refractivity contribution in [3.63, 3.8) is 0 Å². The largest absolute Gasteiger partial charge is 0.390 e. The van der Waals surface area contributed by atoms with Gasteiger partial charge in [-0.15, -0.1) is 0 Å². The van der Waals surface area contributed by atoms with Crippen molar-refractivity contribution in [2.24, 2.45) is 11.8 Å². The SMILES string of the molecule is C[C@@H]1CN(C(=O)C2CNNC2c2cccc(F)c2)CC[C@]1(C)O. The van der Waals surface area contributed by atoms with Crippen LogP contribution in [0, 0.1) is 17.7 Å². The van der Waals surface area contributed by atoms with Gasteiger partial charge in [-0.25, -0.2) is 9.82 Å². The van der Waals surface area contributed by atoms with Crippen molar-refractivity contribution in [2.45, 2.75) is 31.9 Å². The topological polar surface area (TPSA) is 64.6 Å². The normalized spacial score (nSPS) is 34.6. The number of rotatable bonds is 2. The molecule has 0 bridgehead atoms. The maximum Gasteiger partial charge on any atom is 0.229 e. The number of hydrazine groups is 1. The number of hydrogen-bond acceptors (Lipinski definition) is 4. The van der Waals surface area contributed by atoms with Gasteiger partial charge in [0.15, 0.2) is 0 Å². The molecule has 6 heteroatoms. The van der Waals surface area contributed by atoms with Crippen molar-refractivity contribution in [1.29, 1.82) is 0 Å². The molecular weight excluding hydrogens is 297 g/mol. The predicted octanol–water partition coefficient (Wildman–Crippen LogP) is 1.21. The minimum absolute atomic E-state index is 0.0372. The molecule has 3 N–H and O–H groups in total. The van der Waals surface area contributed by atoms with E-state index in [0.717, 1.165) is 5.56 Å². The number of benzene rings is 1. The molecule has 0 aliphatic carbocycles. The molecule has 2 fully saturated rings. The molecule has 5 nitrogen and oxygen atoms in total. The minimum Gasteiger partial charge on any atom is -0.390 e. The van der Waals surface area contributed by atoms with Crippen LogP contribution in [0.5, 0.6) is 0 Å². The molecule has 3 rings (SSSR count). The fourth-order valence-corrected chi connectivity index (χ4v) is 3.40.